The van der Waals surface area contributed by atoms with Crippen molar-refractivity contribution in [3.63, 3.8) is 0 Å². The minimum Gasteiger partial charge on any atom is -0.479 e. The smallest absolute Gasteiger partial charge is 0.411 e. The van der Waals surface area contributed by atoms with Gasteiger partial charge in [0.05, 0.1) is 6.10 Å². The molecule has 1 atom stereocenters. The van der Waals surface area contributed by atoms with Gasteiger partial charge in [-0.05, 0) is 82.1 Å². The number of likely N-dealkylation sites (tertiary alicyclic amines) is 1. The summed E-state index contributed by atoms with van der Waals surface area (Å²) in [5, 5.41) is 10.7. The minimum absolute atomic E-state index is 0.0289. The van der Waals surface area contributed by atoms with Crippen molar-refractivity contribution in [2.75, 3.05) is 26.3 Å². The molecule has 1 saturated carbocycles. The van der Waals surface area contributed by atoms with Crippen LogP contribution >= 0.6 is 0 Å². The Labute approximate surface area is 247 Å². The van der Waals surface area contributed by atoms with Crippen LogP contribution in [0.1, 0.15) is 76.8 Å². The van der Waals surface area contributed by atoms with Gasteiger partial charge in [-0.25, -0.2) is 14.4 Å². The van der Waals surface area contributed by atoms with E-state index in [-0.39, 0.29) is 44.1 Å². The summed E-state index contributed by atoms with van der Waals surface area (Å²) in [6.07, 6.45) is 0.662. The van der Waals surface area contributed by atoms with Crippen LogP contribution in [0.15, 0.2) is 48.5 Å². The van der Waals surface area contributed by atoms with Crippen molar-refractivity contribution in [2.24, 2.45) is 0 Å². The molecule has 1 unspecified atom stereocenters. The first kappa shape index (κ1) is 29.9. The fraction of sp³-hybridized carbons (Fsp3) is 0.545. The van der Waals surface area contributed by atoms with E-state index < -0.39 is 29.3 Å². The van der Waals surface area contributed by atoms with Crippen LogP contribution in [0.25, 0.3) is 11.1 Å². The Hall–Kier alpha value is -3.59. The molecule has 2 amide bonds. The van der Waals surface area contributed by atoms with Gasteiger partial charge in [-0.2, -0.15) is 0 Å². The Morgan fingerprint density at radius 1 is 0.976 bits per heavy atom. The second-order valence-electron chi connectivity index (χ2n) is 12.5. The predicted molar refractivity (Wildman–Crippen MR) is 157 cm³/mol. The Kier molecular flexibility index (Phi) is 8.51. The lowest BCUT2D eigenvalue weighted by atomic mass is 9.80. The molecule has 1 aliphatic heterocycles. The summed E-state index contributed by atoms with van der Waals surface area (Å²) in [5.74, 6) is -1.22. The van der Waals surface area contributed by atoms with E-state index in [1.165, 1.54) is 4.90 Å². The summed E-state index contributed by atoms with van der Waals surface area (Å²) in [5.41, 5.74) is 2.25. The number of carboxylic acids is 1. The van der Waals surface area contributed by atoms with Crippen LogP contribution < -0.4 is 0 Å². The average Bonchev–Trinajstić information content (AvgIpc) is 3.06. The number of amides is 2. The highest BCUT2D eigenvalue weighted by atomic mass is 16.6. The predicted octanol–water partition coefficient (Wildman–Crippen LogP) is 6.05. The van der Waals surface area contributed by atoms with Crippen molar-refractivity contribution in [1.29, 1.82) is 0 Å². The maximum absolute atomic E-state index is 14.0. The number of benzene rings is 2. The number of hydrogen-bond donors (Lipinski definition) is 1. The Morgan fingerprint density at radius 2 is 1.60 bits per heavy atom. The Balaban J connectivity index is 1.39. The topological polar surface area (TPSA) is 106 Å². The van der Waals surface area contributed by atoms with Crippen LogP contribution in [-0.2, 0) is 19.0 Å². The Bertz CT molecular complexity index is 1270. The van der Waals surface area contributed by atoms with Gasteiger partial charge >= 0.3 is 18.2 Å². The third-order valence-electron chi connectivity index (χ3n) is 8.69. The van der Waals surface area contributed by atoms with Gasteiger partial charge < -0.3 is 24.2 Å². The fourth-order valence-corrected chi connectivity index (χ4v) is 6.64. The van der Waals surface area contributed by atoms with Crippen LogP contribution in [0.3, 0.4) is 0 Å². The third kappa shape index (κ3) is 5.84. The molecule has 0 aromatic heterocycles. The van der Waals surface area contributed by atoms with E-state index in [4.69, 9.17) is 14.2 Å². The summed E-state index contributed by atoms with van der Waals surface area (Å²) in [4.78, 5) is 43.0. The quantitative estimate of drug-likeness (QED) is 0.426. The second-order valence-corrected chi connectivity index (χ2v) is 12.5. The highest BCUT2D eigenvalue weighted by molar-refractivity contribution is 5.85. The zero-order valence-corrected chi connectivity index (χ0v) is 25.0. The molecule has 0 bridgehead atoms. The van der Waals surface area contributed by atoms with E-state index in [1.54, 1.807) is 25.7 Å². The standard InChI is InChI=1S/C33H42N2O7/c1-5-40-23-19-22(20-23)35(33(29(36)37)15-10-17-34(18-16-33)30(38)42-32(2,3)4)31(39)41-21-28-26-13-8-6-11-24(26)25-12-7-9-14-27(25)28/h6-9,11-14,22-23,28H,5,10,15-21H2,1-4H3,(H,36,37). The first-order valence-electron chi connectivity index (χ1n) is 15.0. The minimum atomic E-state index is -1.51. The monoisotopic (exact) mass is 578 g/mol. The average molecular weight is 579 g/mol. The lowest BCUT2D eigenvalue weighted by Crippen LogP contribution is -2.65. The van der Waals surface area contributed by atoms with Gasteiger partial charge in [0, 0.05) is 31.7 Å². The molecule has 0 spiro atoms. The van der Waals surface area contributed by atoms with E-state index in [1.807, 2.05) is 31.2 Å². The second kappa shape index (κ2) is 12.0. The highest BCUT2D eigenvalue weighted by Crippen LogP contribution is 2.45. The molecule has 226 valence electrons. The zero-order valence-electron chi connectivity index (χ0n) is 25.0. The third-order valence-corrected chi connectivity index (χ3v) is 8.69. The molecule has 5 rings (SSSR count). The van der Waals surface area contributed by atoms with Crippen LogP contribution in [0.2, 0.25) is 0 Å². The Morgan fingerprint density at radius 3 is 2.17 bits per heavy atom. The molecule has 2 aromatic carbocycles. The van der Waals surface area contributed by atoms with Gasteiger partial charge in [-0.3, -0.25) is 4.90 Å². The van der Waals surface area contributed by atoms with E-state index in [0.29, 0.717) is 32.4 Å². The molecular weight excluding hydrogens is 536 g/mol. The molecule has 9 nitrogen and oxygen atoms in total. The van der Waals surface area contributed by atoms with E-state index in [0.717, 1.165) is 22.3 Å². The van der Waals surface area contributed by atoms with Crippen LogP contribution in [0, 0.1) is 0 Å². The van der Waals surface area contributed by atoms with E-state index in [2.05, 4.69) is 24.3 Å². The molecule has 9 heteroatoms. The number of ether oxygens (including phenoxy) is 3. The lowest BCUT2D eigenvalue weighted by molar-refractivity contribution is -0.158. The fourth-order valence-electron chi connectivity index (χ4n) is 6.64. The van der Waals surface area contributed by atoms with Gasteiger partial charge in [0.25, 0.3) is 0 Å². The summed E-state index contributed by atoms with van der Waals surface area (Å²) in [6.45, 7) is 8.50. The summed E-state index contributed by atoms with van der Waals surface area (Å²) >= 11 is 0. The summed E-state index contributed by atoms with van der Waals surface area (Å²) in [6, 6.07) is 15.9. The number of aliphatic carboxylic acids is 1. The molecule has 2 aromatic rings. The summed E-state index contributed by atoms with van der Waals surface area (Å²) < 4.78 is 17.4. The maximum atomic E-state index is 14.0. The van der Waals surface area contributed by atoms with Gasteiger partial charge in [0.2, 0.25) is 0 Å². The molecule has 1 saturated heterocycles. The van der Waals surface area contributed by atoms with Crippen LogP contribution in [0.4, 0.5) is 9.59 Å². The number of hydrogen-bond acceptors (Lipinski definition) is 6. The number of carbonyl (C=O) groups excluding carboxylic acids is 2. The van der Waals surface area contributed by atoms with Crippen LogP contribution in [0.5, 0.6) is 0 Å². The SMILES string of the molecule is CCOC1CC(N(C(=O)OCC2c3ccccc3-c3ccccc32)C2(C(=O)O)CCCN(C(=O)OC(C)(C)C)CC2)C1. The first-order chi connectivity index (χ1) is 20.0. The zero-order chi connectivity index (χ0) is 30.1. The molecule has 42 heavy (non-hydrogen) atoms. The molecule has 2 aliphatic carbocycles. The van der Waals surface area contributed by atoms with Crippen molar-refractivity contribution >= 4 is 18.2 Å². The van der Waals surface area contributed by atoms with Gasteiger partial charge in [-0.15, -0.1) is 0 Å². The number of rotatable bonds is 7. The van der Waals surface area contributed by atoms with Crippen molar-refractivity contribution in [2.45, 2.75) is 89.0 Å². The molecule has 2 fully saturated rings. The van der Waals surface area contributed by atoms with Crippen molar-refractivity contribution in [3.8, 4) is 11.1 Å². The number of fused-ring (bicyclic) bond motifs is 3. The van der Waals surface area contributed by atoms with E-state index >= 15 is 0 Å². The normalized spacial score (nSPS) is 23.7. The van der Waals surface area contributed by atoms with Crippen molar-refractivity contribution < 1.29 is 33.7 Å². The van der Waals surface area contributed by atoms with Gasteiger partial charge in [0.15, 0.2) is 0 Å². The lowest BCUT2D eigenvalue weighted by Gasteiger charge is -2.49. The largest absolute Gasteiger partial charge is 0.479 e. The van der Waals surface area contributed by atoms with Gasteiger partial charge in [0.1, 0.15) is 17.7 Å². The maximum Gasteiger partial charge on any atom is 0.411 e. The molecular formula is C33H42N2O7. The number of carboxylic acid groups (broad SMARTS) is 1. The van der Waals surface area contributed by atoms with E-state index in [9.17, 15) is 19.5 Å². The number of carbonyl (C=O) groups is 3. The van der Waals surface area contributed by atoms with Crippen LogP contribution in [-0.4, -0.2) is 82.7 Å². The molecule has 1 heterocycles. The summed E-state index contributed by atoms with van der Waals surface area (Å²) in [7, 11) is 0. The molecule has 3 aliphatic rings. The molecule has 1 N–H and O–H groups in total. The highest BCUT2D eigenvalue weighted by Gasteiger charge is 2.54. The van der Waals surface area contributed by atoms with Crippen molar-refractivity contribution in [1.82, 2.24) is 9.80 Å². The van der Waals surface area contributed by atoms with Gasteiger partial charge in [-0.1, -0.05) is 48.5 Å². The number of nitrogens with zero attached hydrogens (tertiary/aromatic N) is 2. The molecule has 0 radical (unpaired) electrons. The van der Waals surface area contributed by atoms with Crippen molar-refractivity contribution in [3.05, 3.63) is 59.7 Å². The first-order valence-corrected chi connectivity index (χ1v) is 15.0.